The molecule has 0 radical (unpaired) electrons. The molecular formula is C23H23N5O2. The first-order chi connectivity index (χ1) is 14.6. The number of fused-ring (bicyclic) bond motifs is 3. The molecule has 1 fully saturated rings. The summed E-state index contributed by atoms with van der Waals surface area (Å²) in [5, 5.41) is 0.912. The number of carbonyl (C=O) groups excluding carboxylic acids is 1. The van der Waals surface area contributed by atoms with Crippen LogP contribution in [0.25, 0.3) is 21.9 Å². The zero-order valence-corrected chi connectivity index (χ0v) is 16.8. The van der Waals surface area contributed by atoms with Gasteiger partial charge in [0, 0.05) is 42.8 Å². The van der Waals surface area contributed by atoms with Gasteiger partial charge in [-0.2, -0.15) is 0 Å². The Hall–Kier alpha value is -3.61. The molecule has 7 nitrogen and oxygen atoms in total. The molecule has 30 heavy (non-hydrogen) atoms. The highest BCUT2D eigenvalue weighted by Gasteiger charge is 2.22. The normalized spacial score (nSPS) is 14.6. The zero-order chi connectivity index (χ0) is 20.7. The van der Waals surface area contributed by atoms with E-state index in [4.69, 9.17) is 0 Å². The van der Waals surface area contributed by atoms with Crippen LogP contribution >= 0.6 is 0 Å². The number of anilines is 1. The molecule has 1 N–H and O–H groups in total. The van der Waals surface area contributed by atoms with E-state index in [1.54, 1.807) is 0 Å². The average Bonchev–Trinajstić information content (AvgIpc) is 3.15. The second-order valence-corrected chi connectivity index (χ2v) is 7.78. The van der Waals surface area contributed by atoms with Gasteiger partial charge in [-0.3, -0.25) is 14.2 Å². The maximum absolute atomic E-state index is 12.9. The van der Waals surface area contributed by atoms with Crippen molar-refractivity contribution in [3.63, 3.8) is 0 Å². The molecule has 7 heteroatoms. The molecule has 0 bridgehead atoms. The third kappa shape index (κ3) is 3.22. The van der Waals surface area contributed by atoms with Gasteiger partial charge in [0.1, 0.15) is 17.6 Å². The number of nitrogens with one attached hydrogen (secondary N) is 1. The number of hydrogen-bond donors (Lipinski definition) is 1. The lowest BCUT2D eigenvalue weighted by atomic mass is 10.2. The van der Waals surface area contributed by atoms with Crippen molar-refractivity contribution in [2.45, 2.75) is 13.5 Å². The second kappa shape index (κ2) is 7.33. The lowest BCUT2D eigenvalue weighted by molar-refractivity contribution is -0.132. The molecule has 1 aliphatic heterocycles. The quantitative estimate of drug-likeness (QED) is 0.573. The van der Waals surface area contributed by atoms with Crippen LogP contribution < -0.4 is 10.5 Å². The van der Waals surface area contributed by atoms with Crippen LogP contribution in [0.15, 0.2) is 59.7 Å². The minimum Gasteiger partial charge on any atom is -0.368 e. The molecule has 0 spiro atoms. The molecule has 2 aromatic carbocycles. The maximum atomic E-state index is 12.9. The summed E-state index contributed by atoms with van der Waals surface area (Å²) in [6, 6.07) is 16.1. The minimum atomic E-state index is -0.219. The lowest BCUT2D eigenvalue weighted by Gasteiger charge is -2.36. The highest BCUT2D eigenvalue weighted by molar-refractivity contribution is 6.04. The fraction of sp³-hybridized carbons (Fsp3) is 0.261. The van der Waals surface area contributed by atoms with E-state index in [-0.39, 0.29) is 18.0 Å². The number of piperazine rings is 1. The monoisotopic (exact) mass is 401 g/mol. The van der Waals surface area contributed by atoms with Crippen molar-refractivity contribution >= 4 is 33.5 Å². The van der Waals surface area contributed by atoms with Gasteiger partial charge in [0.05, 0.1) is 6.33 Å². The fourth-order valence-corrected chi connectivity index (χ4v) is 4.14. The third-order valence-electron chi connectivity index (χ3n) is 5.78. The number of hydrogen-bond acceptors (Lipinski definition) is 4. The zero-order valence-electron chi connectivity index (χ0n) is 16.8. The van der Waals surface area contributed by atoms with Crippen LogP contribution in [0, 0.1) is 6.92 Å². The van der Waals surface area contributed by atoms with Crippen LogP contribution in [-0.4, -0.2) is 51.5 Å². The van der Waals surface area contributed by atoms with E-state index in [2.05, 4.69) is 46.1 Å². The molecule has 152 valence electrons. The number of benzene rings is 2. The number of aromatic nitrogens is 3. The van der Waals surface area contributed by atoms with Crippen molar-refractivity contribution in [1.29, 1.82) is 0 Å². The molecule has 4 aromatic rings. The van der Waals surface area contributed by atoms with Crippen molar-refractivity contribution in [3.05, 3.63) is 70.8 Å². The molecule has 1 amide bonds. The molecule has 3 heterocycles. The number of H-pyrrole nitrogens is 1. The standard InChI is InChI=1S/C23H23N5O2/c1-16-5-4-6-17(13-16)26-9-11-27(12-10-26)20(29)14-28-15-24-21-18-7-2-3-8-19(18)25-22(21)23(28)30/h2-8,13,15,25H,9-12,14H2,1H3. The van der Waals surface area contributed by atoms with Crippen molar-refractivity contribution in [3.8, 4) is 0 Å². The number of rotatable bonds is 3. The van der Waals surface area contributed by atoms with E-state index in [0.29, 0.717) is 24.1 Å². The lowest BCUT2D eigenvalue weighted by Crippen LogP contribution is -2.50. The molecule has 0 aliphatic carbocycles. The van der Waals surface area contributed by atoms with Gasteiger partial charge < -0.3 is 14.8 Å². The Balaban J connectivity index is 1.31. The summed E-state index contributed by atoms with van der Waals surface area (Å²) >= 11 is 0. The van der Waals surface area contributed by atoms with E-state index in [9.17, 15) is 9.59 Å². The van der Waals surface area contributed by atoms with E-state index in [1.165, 1.54) is 22.1 Å². The Morgan fingerprint density at radius 3 is 2.67 bits per heavy atom. The van der Waals surface area contributed by atoms with Gasteiger partial charge in [0.15, 0.2) is 0 Å². The van der Waals surface area contributed by atoms with Crippen LogP contribution in [-0.2, 0) is 11.3 Å². The summed E-state index contributed by atoms with van der Waals surface area (Å²) in [7, 11) is 0. The largest absolute Gasteiger partial charge is 0.368 e. The van der Waals surface area contributed by atoms with Crippen LogP contribution in [0.3, 0.4) is 0 Å². The second-order valence-electron chi connectivity index (χ2n) is 7.78. The molecule has 1 aliphatic rings. The Morgan fingerprint density at radius 2 is 1.87 bits per heavy atom. The third-order valence-corrected chi connectivity index (χ3v) is 5.78. The first kappa shape index (κ1) is 18.4. The van der Waals surface area contributed by atoms with Crippen LogP contribution in [0.4, 0.5) is 5.69 Å². The van der Waals surface area contributed by atoms with Gasteiger partial charge in [-0.25, -0.2) is 4.98 Å². The van der Waals surface area contributed by atoms with E-state index < -0.39 is 0 Å². The van der Waals surface area contributed by atoms with Crippen molar-refractivity contribution in [2.75, 3.05) is 31.1 Å². The van der Waals surface area contributed by atoms with E-state index in [0.717, 1.165) is 24.0 Å². The summed E-state index contributed by atoms with van der Waals surface area (Å²) < 4.78 is 1.40. The number of amides is 1. The summed E-state index contributed by atoms with van der Waals surface area (Å²) in [6.45, 7) is 4.93. The van der Waals surface area contributed by atoms with E-state index >= 15 is 0 Å². The molecule has 5 rings (SSSR count). The molecule has 0 atom stereocenters. The molecule has 0 saturated carbocycles. The number of aromatic amines is 1. The number of carbonyl (C=O) groups is 1. The van der Waals surface area contributed by atoms with E-state index in [1.807, 2.05) is 29.2 Å². The molecule has 2 aromatic heterocycles. The number of para-hydroxylation sites is 1. The fourth-order valence-electron chi connectivity index (χ4n) is 4.14. The number of nitrogens with zero attached hydrogens (tertiary/aromatic N) is 4. The topological polar surface area (TPSA) is 74.2 Å². The Labute approximate surface area is 173 Å². The maximum Gasteiger partial charge on any atom is 0.278 e. The van der Waals surface area contributed by atoms with Gasteiger partial charge in [-0.1, -0.05) is 30.3 Å². The first-order valence-electron chi connectivity index (χ1n) is 10.2. The van der Waals surface area contributed by atoms with Crippen LogP contribution in [0.2, 0.25) is 0 Å². The Kier molecular flexibility index (Phi) is 4.50. The van der Waals surface area contributed by atoms with Gasteiger partial charge in [0.2, 0.25) is 5.91 Å². The van der Waals surface area contributed by atoms with Crippen molar-refractivity contribution in [2.24, 2.45) is 0 Å². The summed E-state index contributed by atoms with van der Waals surface area (Å²) in [5.74, 6) is -0.0572. The average molecular weight is 401 g/mol. The highest BCUT2D eigenvalue weighted by atomic mass is 16.2. The molecular weight excluding hydrogens is 378 g/mol. The van der Waals surface area contributed by atoms with Gasteiger partial charge >= 0.3 is 0 Å². The SMILES string of the molecule is Cc1cccc(N2CCN(C(=O)Cn3cnc4c([nH]c5ccccc54)c3=O)CC2)c1. The van der Waals surface area contributed by atoms with Crippen LogP contribution in [0.5, 0.6) is 0 Å². The summed E-state index contributed by atoms with van der Waals surface area (Å²) in [6.07, 6.45) is 1.48. The smallest absolute Gasteiger partial charge is 0.278 e. The highest BCUT2D eigenvalue weighted by Crippen LogP contribution is 2.21. The van der Waals surface area contributed by atoms with Crippen molar-refractivity contribution in [1.82, 2.24) is 19.4 Å². The van der Waals surface area contributed by atoms with Gasteiger partial charge in [-0.05, 0) is 30.7 Å². The Bertz CT molecular complexity index is 1300. The number of aryl methyl sites for hydroxylation is 1. The summed E-state index contributed by atoms with van der Waals surface area (Å²) in [5.41, 5.74) is 4.15. The van der Waals surface area contributed by atoms with Gasteiger partial charge in [-0.15, -0.1) is 0 Å². The molecule has 0 unspecified atom stereocenters. The Morgan fingerprint density at radius 1 is 1.07 bits per heavy atom. The minimum absolute atomic E-state index is 0.00157. The molecule has 1 saturated heterocycles. The predicted octanol–water partition coefficient (Wildman–Crippen LogP) is 2.54. The van der Waals surface area contributed by atoms with Crippen molar-refractivity contribution < 1.29 is 4.79 Å². The predicted molar refractivity (Wildman–Crippen MR) is 118 cm³/mol. The summed E-state index contributed by atoms with van der Waals surface area (Å²) in [4.78, 5) is 37.4. The van der Waals surface area contributed by atoms with Gasteiger partial charge in [0.25, 0.3) is 5.56 Å². The van der Waals surface area contributed by atoms with Crippen LogP contribution in [0.1, 0.15) is 5.56 Å². The first-order valence-corrected chi connectivity index (χ1v) is 10.2.